The molecule has 1 saturated heterocycles. The summed E-state index contributed by atoms with van der Waals surface area (Å²) in [7, 11) is 0. The molecule has 0 aliphatic carbocycles. The predicted molar refractivity (Wildman–Crippen MR) is 103 cm³/mol. The Morgan fingerprint density at radius 3 is 2.77 bits per heavy atom. The molecule has 4 rings (SSSR count). The molecule has 1 N–H and O–H groups in total. The zero-order valence-electron chi connectivity index (χ0n) is 14.3. The number of halogens is 3. The predicted octanol–water partition coefficient (Wildman–Crippen LogP) is 4.82. The standard InChI is InChI=1S/C20H17Cl2FN2O/c1-10(26)19-18(12-4-3-5-13(21)6-12)20(9-24-19)11(2)25-17-8-15(22)16(23)7-14(17)20/h3-8,18-19,24H,9H2,1-2H3. The number of ketones is 1. The van der Waals surface area contributed by atoms with Crippen molar-refractivity contribution in [3.8, 4) is 0 Å². The van der Waals surface area contributed by atoms with E-state index in [0.717, 1.165) is 16.8 Å². The number of aliphatic imine (C=N–C) groups is 1. The number of hydrogen-bond acceptors (Lipinski definition) is 3. The molecule has 0 bridgehead atoms. The maximum absolute atomic E-state index is 14.3. The molecule has 3 nitrogen and oxygen atoms in total. The Hall–Kier alpha value is -1.75. The fraction of sp³-hybridized carbons (Fsp3) is 0.300. The molecule has 2 aromatic rings. The first kappa shape index (κ1) is 17.7. The van der Waals surface area contributed by atoms with E-state index in [1.54, 1.807) is 19.1 Å². The van der Waals surface area contributed by atoms with Crippen LogP contribution in [0.4, 0.5) is 10.1 Å². The molecule has 3 atom stereocenters. The molecule has 0 aromatic heterocycles. The lowest BCUT2D eigenvalue weighted by Crippen LogP contribution is -2.40. The van der Waals surface area contributed by atoms with Crippen LogP contribution in [0.2, 0.25) is 10.0 Å². The lowest BCUT2D eigenvalue weighted by Gasteiger charge is -2.34. The fourth-order valence-corrected chi connectivity index (χ4v) is 4.77. The van der Waals surface area contributed by atoms with Crippen molar-refractivity contribution < 1.29 is 9.18 Å². The Balaban J connectivity index is 1.97. The van der Waals surface area contributed by atoms with Crippen LogP contribution in [0.1, 0.15) is 30.9 Å². The average Bonchev–Trinajstić information content (AvgIpc) is 3.10. The molecule has 1 fully saturated rings. The molecule has 2 heterocycles. The molecule has 6 heteroatoms. The number of benzene rings is 2. The van der Waals surface area contributed by atoms with Gasteiger partial charge in [-0.25, -0.2) is 4.39 Å². The first-order valence-corrected chi connectivity index (χ1v) is 9.15. The summed E-state index contributed by atoms with van der Waals surface area (Å²) in [6.45, 7) is 3.99. The van der Waals surface area contributed by atoms with Gasteiger partial charge in [0.2, 0.25) is 0 Å². The van der Waals surface area contributed by atoms with Crippen LogP contribution in [0, 0.1) is 5.82 Å². The summed E-state index contributed by atoms with van der Waals surface area (Å²) in [5, 5.41) is 3.98. The van der Waals surface area contributed by atoms with E-state index in [0.29, 0.717) is 17.3 Å². The SMILES string of the molecule is CC(=O)C1NCC2(C(C)=Nc3cc(Cl)c(F)cc32)C1c1cccc(Cl)c1. The number of carbonyl (C=O) groups is 1. The average molecular weight is 391 g/mol. The van der Waals surface area contributed by atoms with Gasteiger partial charge in [0.25, 0.3) is 0 Å². The molecule has 1 spiro atoms. The minimum Gasteiger partial charge on any atom is -0.306 e. The Morgan fingerprint density at radius 2 is 2.08 bits per heavy atom. The minimum atomic E-state index is -0.609. The molecular formula is C20H17Cl2FN2O. The summed E-state index contributed by atoms with van der Waals surface area (Å²) < 4.78 is 14.3. The number of nitrogens with one attached hydrogen (secondary N) is 1. The molecule has 2 aliphatic heterocycles. The zero-order valence-corrected chi connectivity index (χ0v) is 15.8. The van der Waals surface area contributed by atoms with Crippen molar-refractivity contribution >= 4 is 40.4 Å². The number of carbonyl (C=O) groups excluding carboxylic acids is 1. The molecule has 2 aliphatic rings. The Kier molecular flexibility index (Phi) is 4.18. The second-order valence-corrected chi connectivity index (χ2v) is 7.80. The molecule has 134 valence electrons. The molecular weight excluding hydrogens is 374 g/mol. The highest BCUT2D eigenvalue weighted by Crippen LogP contribution is 2.53. The molecule has 0 radical (unpaired) electrons. The third-order valence-corrected chi connectivity index (χ3v) is 6.09. The highest BCUT2D eigenvalue weighted by Gasteiger charge is 2.56. The number of fused-ring (bicyclic) bond motifs is 2. The third kappa shape index (κ3) is 2.43. The maximum atomic E-state index is 14.3. The molecule has 26 heavy (non-hydrogen) atoms. The summed E-state index contributed by atoms with van der Waals surface area (Å²) in [6.07, 6.45) is 0. The molecule has 0 saturated carbocycles. The van der Waals surface area contributed by atoms with Crippen LogP contribution in [0.25, 0.3) is 0 Å². The summed E-state index contributed by atoms with van der Waals surface area (Å²) >= 11 is 12.2. The summed E-state index contributed by atoms with van der Waals surface area (Å²) in [5.41, 5.74) is 2.59. The monoisotopic (exact) mass is 390 g/mol. The van der Waals surface area contributed by atoms with Gasteiger partial charge in [-0.15, -0.1) is 0 Å². The van der Waals surface area contributed by atoms with Crippen molar-refractivity contribution in [3.63, 3.8) is 0 Å². The quantitative estimate of drug-likeness (QED) is 0.798. The maximum Gasteiger partial charge on any atom is 0.147 e. The first-order chi connectivity index (χ1) is 12.3. The second-order valence-electron chi connectivity index (χ2n) is 6.95. The summed E-state index contributed by atoms with van der Waals surface area (Å²) in [6, 6.07) is 10.1. The van der Waals surface area contributed by atoms with Gasteiger partial charge in [0.15, 0.2) is 0 Å². The number of hydrogen-bond donors (Lipinski definition) is 1. The highest BCUT2D eigenvalue weighted by molar-refractivity contribution is 6.31. The van der Waals surface area contributed by atoms with E-state index in [9.17, 15) is 9.18 Å². The summed E-state index contributed by atoms with van der Waals surface area (Å²) in [5.74, 6) is -0.683. The second kappa shape index (κ2) is 6.15. The molecule has 0 amide bonds. The van der Waals surface area contributed by atoms with Crippen LogP contribution >= 0.6 is 23.2 Å². The fourth-order valence-electron chi connectivity index (χ4n) is 4.42. The van der Waals surface area contributed by atoms with Gasteiger partial charge in [0, 0.05) is 23.2 Å². The van der Waals surface area contributed by atoms with E-state index >= 15 is 0 Å². The minimum absolute atomic E-state index is 0.0301. The smallest absolute Gasteiger partial charge is 0.147 e. The lowest BCUT2D eigenvalue weighted by molar-refractivity contribution is -0.119. The van der Waals surface area contributed by atoms with E-state index in [2.05, 4.69) is 10.3 Å². The number of nitrogens with zero attached hydrogens (tertiary/aromatic N) is 1. The van der Waals surface area contributed by atoms with Gasteiger partial charge in [0.1, 0.15) is 11.6 Å². The normalized spacial score (nSPS) is 26.9. The van der Waals surface area contributed by atoms with E-state index < -0.39 is 17.3 Å². The van der Waals surface area contributed by atoms with E-state index in [1.165, 1.54) is 6.07 Å². The highest BCUT2D eigenvalue weighted by atomic mass is 35.5. The van der Waals surface area contributed by atoms with Crippen molar-refractivity contribution in [1.82, 2.24) is 5.32 Å². The van der Waals surface area contributed by atoms with Crippen molar-refractivity contribution in [2.75, 3.05) is 6.54 Å². The van der Waals surface area contributed by atoms with Gasteiger partial charge < -0.3 is 5.32 Å². The topological polar surface area (TPSA) is 41.5 Å². The van der Waals surface area contributed by atoms with Crippen LogP contribution in [-0.4, -0.2) is 24.1 Å². The van der Waals surface area contributed by atoms with E-state index in [4.69, 9.17) is 23.2 Å². The van der Waals surface area contributed by atoms with Crippen molar-refractivity contribution in [3.05, 3.63) is 63.4 Å². The van der Waals surface area contributed by atoms with Crippen molar-refractivity contribution in [2.24, 2.45) is 4.99 Å². The first-order valence-electron chi connectivity index (χ1n) is 8.39. The van der Waals surface area contributed by atoms with E-state index in [-0.39, 0.29) is 16.7 Å². The van der Waals surface area contributed by atoms with Crippen molar-refractivity contribution in [1.29, 1.82) is 0 Å². The number of Topliss-reactive ketones (excluding diaryl/α,β-unsaturated/α-hetero) is 1. The van der Waals surface area contributed by atoms with Gasteiger partial charge in [-0.05, 0) is 49.2 Å². The van der Waals surface area contributed by atoms with Gasteiger partial charge in [-0.3, -0.25) is 9.79 Å². The lowest BCUT2D eigenvalue weighted by atomic mass is 9.65. The zero-order chi connectivity index (χ0) is 18.6. The Bertz CT molecular complexity index is 959. The number of rotatable bonds is 2. The van der Waals surface area contributed by atoms with Crippen LogP contribution in [0.15, 0.2) is 41.4 Å². The van der Waals surface area contributed by atoms with Crippen LogP contribution < -0.4 is 5.32 Å². The molecule has 2 aromatic carbocycles. The largest absolute Gasteiger partial charge is 0.306 e. The van der Waals surface area contributed by atoms with Gasteiger partial charge in [0.05, 0.1) is 22.2 Å². The van der Waals surface area contributed by atoms with Gasteiger partial charge in [-0.2, -0.15) is 0 Å². The van der Waals surface area contributed by atoms with Crippen LogP contribution in [0.3, 0.4) is 0 Å². The molecule has 3 unspecified atom stereocenters. The summed E-state index contributed by atoms with van der Waals surface area (Å²) in [4.78, 5) is 17.0. The van der Waals surface area contributed by atoms with Crippen LogP contribution in [0.5, 0.6) is 0 Å². The van der Waals surface area contributed by atoms with Crippen molar-refractivity contribution in [2.45, 2.75) is 31.2 Å². The van der Waals surface area contributed by atoms with E-state index in [1.807, 2.05) is 25.1 Å². The van der Waals surface area contributed by atoms with Gasteiger partial charge >= 0.3 is 0 Å². The Labute approximate surface area is 161 Å². The van der Waals surface area contributed by atoms with Crippen LogP contribution in [-0.2, 0) is 10.2 Å². The van der Waals surface area contributed by atoms with Gasteiger partial charge in [-0.1, -0.05) is 35.3 Å². The Morgan fingerprint density at radius 1 is 1.31 bits per heavy atom. The third-order valence-electron chi connectivity index (χ3n) is 5.56.